The van der Waals surface area contributed by atoms with E-state index in [0.717, 1.165) is 3.79 Å². The Bertz CT molecular complexity index is 455. The van der Waals surface area contributed by atoms with Crippen LogP contribution in [-0.2, 0) is 10.0 Å². The average Bonchev–Trinajstić information content (AvgIpc) is 2.49. The van der Waals surface area contributed by atoms with Crippen molar-refractivity contribution in [2.24, 2.45) is 5.14 Å². The second-order valence-corrected chi connectivity index (χ2v) is 6.79. The topological polar surface area (TPSA) is 89.3 Å². The van der Waals surface area contributed by atoms with E-state index in [1.54, 1.807) is 11.4 Å². The minimum atomic E-state index is -3.52. The van der Waals surface area contributed by atoms with Crippen LogP contribution in [0.25, 0.3) is 0 Å². The van der Waals surface area contributed by atoms with Gasteiger partial charge in [-0.1, -0.05) is 0 Å². The smallest absolute Gasteiger partial charge is 0.252 e. The molecule has 1 heterocycles. The van der Waals surface area contributed by atoms with Gasteiger partial charge < -0.3 is 5.32 Å². The van der Waals surface area contributed by atoms with E-state index in [4.69, 9.17) is 5.14 Å². The van der Waals surface area contributed by atoms with Gasteiger partial charge in [-0.25, -0.2) is 13.6 Å². The average molecular weight is 313 g/mol. The maximum atomic E-state index is 11.4. The van der Waals surface area contributed by atoms with Gasteiger partial charge in [-0.3, -0.25) is 4.79 Å². The minimum absolute atomic E-state index is 0.0190. The van der Waals surface area contributed by atoms with Crippen LogP contribution in [0.2, 0.25) is 0 Å². The molecule has 8 heteroatoms. The zero-order valence-electron chi connectivity index (χ0n) is 7.57. The summed E-state index contributed by atoms with van der Waals surface area (Å²) in [5.74, 6) is -0.565. The molecule has 1 aromatic heterocycles. The van der Waals surface area contributed by atoms with Crippen LogP contribution >= 0.6 is 27.3 Å². The number of carbonyl (C=O) groups excluding carboxylic acids is 1. The summed E-state index contributed by atoms with van der Waals surface area (Å²) in [5.41, 5.74) is 0.501. The molecule has 0 unspecified atom stereocenters. The summed E-state index contributed by atoms with van der Waals surface area (Å²) in [7, 11) is -3.52. The third-order valence-corrected chi connectivity index (χ3v) is 3.78. The van der Waals surface area contributed by atoms with Gasteiger partial charge in [0.2, 0.25) is 10.0 Å². The Morgan fingerprint density at radius 3 is 2.73 bits per heavy atom. The predicted octanol–water partition coefficient (Wildman–Crippen LogP) is 0.529. The molecule has 0 aromatic carbocycles. The predicted molar refractivity (Wildman–Crippen MR) is 62.3 cm³/mol. The molecule has 0 spiro atoms. The summed E-state index contributed by atoms with van der Waals surface area (Å²) in [5, 5.41) is 8.91. The summed E-state index contributed by atoms with van der Waals surface area (Å²) in [6.45, 7) is 0.0190. The number of hydrogen-bond acceptors (Lipinski definition) is 4. The molecule has 0 bridgehead atoms. The fourth-order valence-corrected chi connectivity index (χ4v) is 2.36. The summed E-state index contributed by atoms with van der Waals surface area (Å²) >= 11 is 4.61. The molecule has 0 aliphatic carbocycles. The van der Waals surface area contributed by atoms with E-state index in [-0.39, 0.29) is 18.2 Å². The van der Waals surface area contributed by atoms with Crippen LogP contribution in [0.15, 0.2) is 15.2 Å². The first kappa shape index (κ1) is 12.6. The maximum absolute atomic E-state index is 11.4. The minimum Gasteiger partial charge on any atom is -0.351 e. The molecule has 84 valence electrons. The highest BCUT2D eigenvalue weighted by molar-refractivity contribution is 9.11. The molecular formula is C7H9BrN2O3S2. The maximum Gasteiger partial charge on any atom is 0.252 e. The molecule has 0 aliphatic rings. The van der Waals surface area contributed by atoms with E-state index >= 15 is 0 Å². The lowest BCUT2D eigenvalue weighted by Gasteiger charge is -2.01. The number of rotatable bonds is 4. The molecule has 0 fully saturated rings. The standard InChI is InChI=1S/C7H9BrN2O3S2/c8-6-3-5(4-14-6)7(11)10-1-2-15(9,12)13/h3-4H,1-2H2,(H,10,11)(H2,9,12,13). The van der Waals surface area contributed by atoms with E-state index in [2.05, 4.69) is 21.2 Å². The number of nitrogens with one attached hydrogen (secondary N) is 1. The van der Waals surface area contributed by atoms with Crippen LogP contribution in [0.5, 0.6) is 0 Å². The lowest BCUT2D eigenvalue weighted by atomic mass is 10.3. The molecule has 5 nitrogen and oxygen atoms in total. The van der Waals surface area contributed by atoms with E-state index in [9.17, 15) is 13.2 Å². The van der Waals surface area contributed by atoms with Crippen LogP contribution < -0.4 is 10.5 Å². The van der Waals surface area contributed by atoms with Gasteiger partial charge in [-0.15, -0.1) is 11.3 Å². The van der Waals surface area contributed by atoms with Gasteiger partial charge in [0, 0.05) is 11.9 Å². The second kappa shape index (κ2) is 5.06. The molecule has 0 saturated carbocycles. The van der Waals surface area contributed by atoms with Crippen molar-refractivity contribution in [3.8, 4) is 0 Å². The van der Waals surface area contributed by atoms with E-state index in [1.807, 2.05) is 0 Å². The molecule has 0 saturated heterocycles. The van der Waals surface area contributed by atoms with Crippen molar-refractivity contribution >= 4 is 43.2 Å². The number of thiophene rings is 1. The SMILES string of the molecule is NS(=O)(=O)CCNC(=O)c1csc(Br)c1. The van der Waals surface area contributed by atoms with Gasteiger partial charge in [0.15, 0.2) is 0 Å². The molecule has 0 radical (unpaired) electrons. The number of carbonyl (C=O) groups is 1. The van der Waals surface area contributed by atoms with Crippen molar-refractivity contribution in [3.63, 3.8) is 0 Å². The van der Waals surface area contributed by atoms with Crippen LogP contribution in [0, 0.1) is 0 Å². The molecule has 1 amide bonds. The van der Waals surface area contributed by atoms with Crippen LogP contribution in [0.4, 0.5) is 0 Å². The van der Waals surface area contributed by atoms with Crippen LogP contribution in [0.1, 0.15) is 10.4 Å². The van der Waals surface area contributed by atoms with E-state index < -0.39 is 10.0 Å². The van der Waals surface area contributed by atoms with Crippen LogP contribution in [0.3, 0.4) is 0 Å². The number of primary sulfonamides is 1. The van der Waals surface area contributed by atoms with E-state index in [0.29, 0.717) is 5.56 Å². The van der Waals surface area contributed by atoms with Gasteiger partial charge >= 0.3 is 0 Å². The van der Waals surface area contributed by atoms with Crippen molar-refractivity contribution in [2.75, 3.05) is 12.3 Å². The number of hydrogen-bond donors (Lipinski definition) is 2. The molecule has 0 aliphatic heterocycles. The Kier molecular flexibility index (Phi) is 4.26. The molecule has 1 rings (SSSR count). The third-order valence-electron chi connectivity index (χ3n) is 1.50. The molecule has 1 aromatic rings. The second-order valence-electron chi connectivity index (χ2n) is 2.76. The monoisotopic (exact) mass is 312 g/mol. The fraction of sp³-hybridized carbons (Fsp3) is 0.286. The fourth-order valence-electron chi connectivity index (χ4n) is 0.838. The number of halogens is 1. The molecule has 3 N–H and O–H groups in total. The lowest BCUT2D eigenvalue weighted by molar-refractivity contribution is 0.0956. The first-order valence-electron chi connectivity index (χ1n) is 3.91. The van der Waals surface area contributed by atoms with Crippen molar-refractivity contribution < 1.29 is 13.2 Å². The van der Waals surface area contributed by atoms with Gasteiger partial charge in [-0.05, 0) is 22.0 Å². The summed E-state index contributed by atoms with van der Waals surface area (Å²) < 4.78 is 22.0. The Hall–Kier alpha value is -0.440. The first-order chi connectivity index (χ1) is 6.88. The molecular weight excluding hydrogens is 304 g/mol. The summed E-state index contributed by atoms with van der Waals surface area (Å²) in [6, 6.07) is 1.66. The molecule has 0 atom stereocenters. The Morgan fingerprint density at radius 1 is 1.60 bits per heavy atom. The van der Waals surface area contributed by atoms with Gasteiger partial charge in [0.1, 0.15) is 0 Å². The summed E-state index contributed by atoms with van der Waals surface area (Å²) in [6.07, 6.45) is 0. The zero-order valence-corrected chi connectivity index (χ0v) is 10.8. The van der Waals surface area contributed by atoms with Gasteiger partial charge in [-0.2, -0.15) is 0 Å². The van der Waals surface area contributed by atoms with Gasteiger partial charge in [0.05, 0.1) is 15.1 Å². The molecule has 15 heavy (non-hydrogen) atoms. The highest BCUT2D eigenvalue weighted by atomic mass is 79.9. The van der Waals surface area contributed by atoms with Crippen molar-refractivity contribution in [1.82, 2.24) is 5.32 Å². The van der Waals surface area contributed by atoms with Crippen molar-refractivity contribution in [3.05, 3.63) is 20.8 Å². The van der Waals surface area contributed by atoms with Gasteiger partial charge in [0.25, 0.3) is 5.91 Å². The zero-order chi connectivity index (χ0) is 11.5. The van der Waals surface area contributed by atoms with E-state index in [1.165, 1.54) is 11.3 Å². The lowest BCUT2D eigenvalue weighted by Crippen LogP contribution is -2.31. The quantitative estimate of drug-likeness (QED) is 0.849. The van der Waals surface area contributed by atoms with Crippen molar-refractivity contribution in [1.29, 1.82) is 0 Å². The number of amides is 1. The Morgan fingerprint density at radius 2 is 2.27 bits per heavy atom. The Balaban J connectivity index is 2.44. The Labute approximate surface area is 99.8 Å². The largest absolute Gasteiger partial charge is 0.351 e. The summed E-state index contributed by atoms with van der Waals surface area (Å²) in [4.78, 5) is 11.4. The third kappa shape index (κ3) is 4.74. The first-order valence-corrected chi connectivity index (χ1v) is 7.30. The number of nitrogens with two attached hydrogens (primary N) is 1. The van der Waals surface area contributed by atoms with Crippen LogP contribution in [-0.4, -0.2) is 26.6 Å². The highest BCUT2D eigenvalue weighted by Gasteiger charge is 2.08. The highest BCUT2D eigenvalue weighted by Crippen LogP contribution is 2.20. The van der Waals surface area contributed by atoms with Crippen molar-refractivity contribution in [2.45, 2.75) is 0 Å². The number of sulfonamides is 1. The normalized spacial score (nSPS) is 11.3.